The molecule has 4 heavy (non-hydrogen) atoms. The summed E-state index contributed by atoms with van der Waals surface area (Å²) >= 11 is 2.43. The number of thiocarbonyl (C=S) groups is 1. The fourth-order valence-corrected chi connectivity index (χ4v) is 0. The van der Waals surface area contributed by atoms with Crippen LogP contribution in [0.15, 0.2) is 0 Å². The van der Waals surface area contributed by atoms with E-state index in [4.69, 9.17) is 1.12 Å². The number of hydrogen-bond donors (Lipinski definition) is 1. The van der Waals surface area contributed by atoms with Crippen LogP contribution in [-0.4, -0.2) is 10.0 Å². The van der Waals surface area contributed by atoms with Crippen molar-refractivity contribution in [2.24, 2.45) is 0 Å². The van der Waals surface area contributed by atoms with Crippen LogP contribution in [-0.2, 0) is 11.6 Å². The minimum Gasteiger partial charge on any atom is -0.257 e. The van der Waals surface area contributed by atoms with Gasteiger partial charge in [-0.05, 0) is 0 Å². The molecule has 0 N–H and O–H groups in total. The molecular formula is CH2OS2. The normalized spacial score (nSPS) is 17.5. The average molecular weight is 96.2 g/mol. The van der Waals surface area contributed by atoms with Crippen molar-refractivity contribution in [2.75, 3.05) is 0 Å². The lowest BCUT2D eigenvalue weighted by molar-refractivity contribution is 0.700. The van der Waals surface area contributed by atoms with Gasteiger partial charge in [0, 0.05) is 11.6 Å². The van der Waals surface area contributed by atoms with Crippen LogP contribution in [0.5, 0.6) is 0 Å². The third kappa shape index (κ3) is 2.24. The molecule has 24 valence electrons. The predicted octanol–water partition coefficient (Wildman–Crippen LogP) is -0.111. The molecule has 1 atom stereocenters. The summed E-state index contributed by atoms with van der Waals surface area (Å²) in [4.78, 5) is 0. The molecule has 0 spiro atoms. The molecule has 0 amide bonds. The monoisotopic (exact) mass is 96.0 g/mol. The van der Waals surface area contributed by atoms with Gasteiger partial charge in [0.2, 0.25) is 0 Å². The first-order chi connectivity index (χ1) is 2.27. The predicted molar refractivity (Wildman–Crippen MR) is 23.2 cm³/mol. The van der Waals surface area contributed by atoms with Gasteiger partial charge in [0.15, 0.2) is 0 Å². The summed E-state index contributed by atoms with van der Waals surface area (Å²) in [5, 5.41) is 0. The summed E-state index contributed by atoms with van der Waals surface area (Å²) in [5.74, 6) is 0. The van der Waals surface area contributed by atoms with Crippen LogP contribution < -0.4 is 0 Å². The topological polar surface area (TPSA) is 17.1 Å². The Hall–Kier alpha value is 0.240. The van der Waals surface area contributed by atoms with Crippen LogP contribution in [0.3, 0.4) is 0 Å². The SMILES string of the molecule is [3H]S(=O)C=S. The minimum absolute atomic E-state index is 0.889. The number of rotatable bonds is 1. The van der Waals surface area contributed by atoms with E-state index in [9.17, 15) is 4.21 Å². The third-order valence-corrected chi connectivity index (χ3v) is 0.354. The van der Waals surface area contributed by atoms with Gasteiger partial charge in [-0.15, -0.1) is 0 Å². The molecule has 3 heteroatoms. The van der Waals surface area contributed by atoms with Crippen LogP contribution in [0.25, 0.3) is 0 Å². The standard InChI is InChI=1S/CH2OS2/c2-4-1-3/h1,4H/i4T. The maximum absolute atomic E-state index is 9.43. The van der Waals surface area contributed by atoms with Gasteiger partial charge in [-0.1, -0.05) is 12.2 Å². The molecule has 0 rings (SSSR count). The number of thiol groups is 1. The van der Waals surface area contributed by atoms with Gasteiger partial charge < -0.3 is 0 Å². The lowest BCUT2D eigenvalue weighted by atomic mass is 11.9. The van der Waals surface area contributed by atoms with Crippen molar-refractivity contribution in [3.8, 4) is 0 Å². The maximum Gasteiger partial charge on any atom is 0.146 e. The molecule has 0 bridgehead atoms. The van der Waals surface area contributed by atoms with E-state index in [0.29, 0.717) is 0 Å². The van der Waals surface area contributed by atoms with Gasteiger partial charge in [0.1, 0.15) is 1.12 Å². The van der Waals surface area contributed by atoms with Gasteiger partial charge in [0.25, 0.3) is 0 Å². The number of hydrogen-bond acceptors (Lipinski definition) is 2. The molecule has 0 aliphatic carbocycles. The summed E-state index contributed by atoms with van der Waals surface area (Å²) < 4.78 is 16.5. The first kappa shape index (κ1) is 2.48. The van der Waals surface area contributed by atoms with E-state index in [1.54, 1.807) is 0 Å². The minimum atomic E-state index is -1.63. The summed E-state index contributed by atoms with van der Waals surface area (Å²) in [6.07, 6.45) is 0. The Labute approximate surface area is 34.6 Å². The fraction of sp³-hybridized carbons (Fsp3) is 0. The highest BCUT2D eigenvalue weighted by Crippen LogP contribution is 1.36. The molecule has 0 radical (unpaired) electrons. The lowest BCUT2D eigenvalue weighted by Crippen LogP contribution is -1.48. The molecule has 1 unspecified atom stereocenters. The highest BCUT2D eigenvalue weighted by molar-refractivity contribution is 8.00. The van der Waals surface area contributed by atoms with Crippen molar-refractivity contribution in [3.05, 3.63) is 0 Å². The zero-order chi connectivity index (χ0) is 4.28. The molecule has 0 saturated carbocycles. The van der Waals surface area contributed by atoms with E-state index in [2.05, 4.69) is 12.2 Å². The molecular weight excluding hydrogens is 92.1 g/mol. The second kappa shape index (κ2) is 3.24. The van der Waals surface area contributed by atoms with Crippen molar-refractivity contribution in [2.45, 2.75) is 0 Å². The zero-order valence-electron chi connectivity index (χ0n) is 2.80. The van der Waals surface area contributed by atoms with Crippen molar-refractivity contribution in [3.63, 3.8) is 0 Å². The molecule has 0 aromatic carbocycles. The quantitative estimate of drug-likeness (QED) is 0.362. The van der Waals surface area contributed by atoms with Gasteiger partial charge in [-0.25, -0.2) is 0 Å². The molecule has 0 aliphatic rings. The molecule has 0 saturated heterocycles. The Bertz CT molecular complexity index is 60.7. The maximum atomic E-state index is 9.43. The van der Waals surface area contributed by atoms with Crippen LogP contribution in [0.4, 0.5) is 0 Å². The van der Waals surface area contributed by atoms with E-state index in [1.165, 1.54) is 0 Å². The van der Waals surface area contributed by atoms with E-state index in [0.717, 1.165) is 4.70 Å². The van der Waals surface area contributed by atoms with E-state index in [-0.39, 0.29) is 0 Å². The fourth-order valence-electron chi connectivity index (χ4n) is 0. The lowest BCUT2D eigenvalue weighted by Gasteiger charge is -1.37. The Morgan fingerprint density at radius 3 is 2.75 bits per heavy atom. The Kier molecular flexibility index (Phi) is 2.01. The molecule has 0 aliphatic heterocycles. The van der Waals surface area contributed by atoms with Crippen molar-refractivity contribution in [1.82, 2.24) is 0 Å². The summed E-state index contributed by atoms with van der Waals surface area (Å²) in [6, 6.07) is 0. The molecule has 0 fully saturated rings. The Morgan fingerprint density at radius 1 is 2.50 bits per heavy atom. The van der Waals surface area contributed by atoms with E-state index < -0.39 is 11.6 Å². The van der Waals surface area contributed by atoms with E-state index in [1.807, 2.05) is 0 Å². The second-order valence-corrected chi connectivity index (χ2v) is 1.15. The first-order valence-corrected chi connectivity index (χ1v) is 1.91. The van der Waals surface area contributed by atoms with Gasteiger partial charge in [-0.2, -0.15) is 0 Å². The summed E-state index contributed by atoms with van der Waals surface area (Å²) in [5.41, 5.74) is 0. The highest BCUT2D eigenvalue weighted by atomic mass is 32.2. The Morgan fingerprint density at radius 2 is 2.75 bits per heavy atom. The van der Waals surface area contributed by atoms with Crippen molar-refractivity contribution in [1.29, 1.82) is 1.12 Å². The van der Waals surface area contributed by atoms with Gasteiger partial charge in [0.05, 0.1) is 4.70 Å². The van der Waals surface area contributed by atoms with E-state index >= 15 is 0 Å². The summed E-state index contributed by atoms with van der Waals surface area (Å²) in [7, 11) is 0. The smallest absolute Gasteiger partial charge is 0.146 e. The average Bonchev–Trinajstić information content (AvgIpc) is 1.38. The molecule has 0 aromatic heterocycles. The largest absolute Gasteiger partial charge is 0.257 e. The van der Waals surface area contributed by atoms with Crippen molar-refractivity contribution < 1.29 is 4.21 Å². The van der Waals surface area contributed by atoms with Gasteiger partial charge in [-0.3, -0.25) is 4.21 Å². The van der Waals surface area contributed by atoms with Gasteiger partial charge >= 0.3 is 0 Å². The van der Waals surface area contributed by atoms with Crippen LogP contribution in [0.1, 0.15) is 0 Å². The summed E-state index contributed by atoms with van der Waals surface area (Å²) in [6.45, 7) is 0. The molecule has 0 heterocycles. The first-order valence-electron chi connectivity index (χ1n) is 1.05. The third-order valence-electron chi connectivity index (χ3n) is 0.0393. The van der Waals surface area contributed by atoms with Crippen LogP contribution in [0.2, 0.25) is 0 Å². The Balaban J connectivity index is 3.20. The van der Waals surface area contributed by atoms with Crippen LogP contribution in [0, 0.1) is 0 Å². The second-order valence-electron chi connectivity index (χ2n) is 0.192. The van der Waals surface area contributed by atoms with Crippen molar-refractivity contribution >= 4 is 28.5 Å². The zero-order valence-corrected chi connectivity index (χ0v) is 3.44. The molecule has 1 nitrogen and oxygen atoms in total. The highest BCUT2D eigenvalue weighted by Gasteiger charge is 1.38. The van der Waals surface area contributed by atoms with Crippen LogP contribution >= 0.6 is 12.2 Å². The molecule has 0 aromatic rings.